The molecule has 0 spiro atoms. The molecular formula is C14H21N3O3. The number of rotatable bonds is 5. The zero-order valence-corrected chi connectivity index (χ0v) is 11.9. The summed E-state index contributed by atoms with van der Waals surface area (Å²) in [5, 5.41) is 3.29. The molecule has 20 heavy (non-hydrogen) atoms. The summed E-state index contributed by atoms with van der Waals surface area (Å²) < 4.78 is 10.3. The molecule has 0 saturated carbocycles. The second-order valence-electron chi connectivity index (χ2n) is 4.93. The second-order valence-corrected chi connectivity index (χ2v) is 4.93. The van der Waals surface area contributed by atoms with E-state index in [0.717, 1.165) is 19.6 Å². The zero-order valence-electron chi connectivity index (χ0n) is 11.9. The molecule has 2 unspecified atom stereocenters. The lowest BCUT2D eigenvalue weighted by Gasteiger charge is -2.20. The normalized spacial score (nSPS) is 19.6. The number of hydrogen-bond donors (Lipinski definition) is 2. The molecule has 1 aromatic rings. The summed E-state index contributed by atoms with van der Waals surface area (Å²) in [4.78, 5) is 16.0. The van der Waals surface area contributed by atoms with E-state index in [0.29, 0.717) is 29.6 Å². The molecule has 1 aliphatic heterocycles. The molecule has 0 bridgehead atoms. The number of esters is 1. The van der Waals surface area contributed by atoms with Crippen LogP contribution in [0.5, 0.6) is 0 Å². The third-order valence-electron chi connectivity index (χ3n) is 3.48. The van der Waals surface area contributed by atoms with Crippen LogP contribution in [0.25, 0.3) is 0 Å². The number of aromatic nitrogens is 1. The minimum absolute atomic E-state index is 0.226. The minimum atomic E-state index is -0.424. The highest BCUT2D eigenvalue weighted by Crippen LogP contribution is 2.21. The lowest BCUT2D eigenvalue weighted by Crippen LogP contribution is -2.26. The highest BCUT2D eigenvalue weighted by atomic mass is 16.5. The van der Waals surface area contributed by atoms with Crippen molar-refractivity contribution >= 4 is 17.5 Å². The Kier molecular flexibility index (Phi) is 4.79. The van der Waals surface area contributed by atoms with E-state index in [2.05, 4.69) is 17.2 Å². The van der Waals surface area contributed by atoms with Gasteiger partial charge in [-0.05, 0) is 26.3 Å². The predicted octanol–water partition coefficient (Wildman–Crippen LogP) is 1.68. The van der Waals surface area contributed by atoms with Gasteiger partial charge in [0, 0.05) is 18.6 Å². The van der Waals surface area contributed by atoms with Gasteiger partial charge in [-0.15, -0.1) is 0 Å². The second kappa shape index (κ2) is 6.56. The summed E-state index contributed by atoms with van der Waals surface area (Å²) in [7, 11) is 0. The summed E-state index contributed by atoms with van der Waals surface area (Å²) >= 11 is 0. The van der Waals surface area contributed by atoms with Crippen LogP contribution in [-0.2, 0) is 9.47 Å². The third kappa shape index (κ3) is 3.39. The maximum absolute atomic E-state index is 11.8. The smallest absolute Gasteiger partial charge is 0.340 e. The average Bonchev–Trinajstić information content (AvgIpc) is 2.95. The maximum atomic E-state index is 11.8. The van der Waals surface area contributed by atoms with E-state index in [1.165, 1.54) is 6.20 Å². The third-order valence-corrected chi connectivity index (χ3v) is 3.48. The van der Waals surface area contributed by atoms with Crippen LogP contribution < -0.4 is 11.1 Å². The molecule has 0 aliphatic carbocycles. The van der Waals surface area contributed by atoms with Gasteiger partial charge in [-0.3, -0.25) is 0 Å². The first-order chi connectivity index (χ1) is 9.61. The molecule has 6 nitrogen and oxygen atoms in total. The SMILES string of the molecule is CCOC(=O)c1cc(NC(C)C2CCOC2)ncc1N. The van der Waals surface area contributed by atoms with Gasteiger partial charge >= 0.3 is 5.97 Å². The van der Waals surface area contributed by atoms with Crippen LogP contribution in [0.2, 0.25) is 0 Å². The highest BCUT2D eigenvalue weighted by molar-refractivity contribution is 5.95. The topological polar surface area (TPSA) is 86.5 Å². The molecule has 0 aromatic carbocycles. The number of nitrogens with zero attached hydrogens (tertiary/aromatic N) is 1. The first kappa shape index (κ1) is 14.6. The number of carbonyl (C=O) groups is 1. The van der Waals surface area contributed by atoms with Gasteiger partial charge in [-0.25, -0.2) is 9.78 Å². The highest BCUT2D eigenvalue weighted by Gasteiger charge is 2.23. The lowest BCUT2D eigenvalue weighted by atomic mass is 10.0. The van der Waals surface area contributed by atoms with E-state index < -0.39 is 5.97 Å². The van der Waals surface area contributed by atoms with Gasteiger partial charge in [0.05, 0.1) is 30.7 Å². The monoisotopic (exact) mass is 279 g/mol. The van der Waals surface area contributed by atoms with E-state index in [4.69, 9.17) is 15.2 Å². The quantitative estimate of drug-likeness (QED) is 0.797. The average molecular weight is 279 g/mol. The fourth-order valence-electron chi connectivity index (χ4n) is 2.23. The molecule has 6 heteroatoms. The summed E-state index contributed by atoms with van der Waals surface area (Å²) in [6.07, 6.45) is 2.51. The largest absolute Gasteiger partial charge is 0.462 e. The van der Waals surface area contributed by atoms with Crippen molar-refractivity contribution in [1.82, 2.24) is 4.98 Å². The molecule has 3 N–H and O–H groups in total. The molecule has 2 heterocycles. The van der Waals surface area contributed by atoms with E-state index in [9.17, 15) is 4.79 Å². The Morgan fingerprint density at radius 3 is 3.15 bits per heavy atom. The molecule has 1 aromatic heterocycles. The summed E-state index contributed by atoms with van der Waals surface area (Å²) in [6, 6.07) is 1.86. The van der Waals surface area contributed by atoms with Crippen molar-refractivity contribution in [2.75, 3.05) is 30.9 Å². The van der Waals surface area contributed by atoms with Crippen molar-refractivity contribution in [3.63, 3.8) is 0 Å². The number of nitrogens with one attached hydrogen (secondary N) is 1. The number of nitrogens with two attached hydrogens (primary N) is 1. The van der Waals surface area contributed by atoms with Gasteiger partial charge < -0.3 is 20.5 Å². The number of nitrogen functional groups attached to an aromatic ring is 1. The molecule has 0 amide bonds. The fourth-order valence-corrected chi connectivity index (χ4v) is 2.23. The molecular weight excluding hydrogens is 258 g/mol. The van der Waals surface area contributed by atoms with Crippen LogP contribution in [0.3, 0.4) is 0 Å². The minimum Gasteiger partial charge on any atom is -0.462 e. The standard InChI is InChI=1S/C14H21N3O3/c1-3-20-14(18)11-6-13(16-7-12(11)15)17-9(2)10-4-5-19-8-10/h6-7,9-10H,3-5,8,15H2,1-2H3,(H,16,17). The fraction of sp³-hybridized carbons (Fsp3) is 0.571. The van der Waals surface area contributed by atoms with Crippen molar-refractivity contribution in [3.8, 4) is 0 Å². The Morgan fingerprint density at radius 1 is 1.70 bits per heavy atom. The van der Waals surface area contributed by atoms with Crippen molar-refractivity contribution in [2.45, 2.75) is 26.3 Å². The van der Waals surface area contributed by atoms with Crippen molar-refractivity contribution in [3.05, 3.63) is 17.8 Å². The molecule has 110 valence electrons. The van der Waals surface area contributed by atoms with Gasteiger partial charge in [0.25, 0.3) is 0 Å². The Bertz CT molecular complexity index is 473. The van der Waals surface area contributed by atoms with Crippen LogP contribution in [0.15, 0.2) is 12.3 Å². The van der Waals surface area contributed by atoms with E-state index >= 15 is 0 Å². The molecule has 1 saturated heterocycles. The van der Waals surface area contributed by atoms with Crippen LogP contribution in [0.1, 0.15) is 30.6 Å². The van der Waals surface area contributed by atoms with Crippen molar-refractivity contribution < 1.29 is 14.3 Å². The molecule has 0 radical (unpaired) electrons. The van der Waals surface area contributed by atoms with Crippen molar-refractivity contribution in [2.24, 2.45) is 5.92 Å². The Labute approximate surface area is 118 Å². The first-order valence-electron chi connectivity index (χ1n) is 6.88. The summed E-state index contributed by atoms with van der Waals surface area (Å²) in [6.45, 7) is 5.73. The van der Waals surface area contributed by atoms with Crippen LogP contribution >= 0.6 is 0 Å². The summed E-state index contributed by atoms with van der Waals surface area (Å²) in [5.74, 6) is 0.661. The number of pyridine rings is 1. The van der Waals surface area contributed by atoms with Gasteiger partial charge in [-0.2, -0.15) is 0 Å². The van der Waals surface area contributed by atoms with Gasteiger partial charge in [0.15, 0.2) is 0 Å². The van der Waals surface area contributed by atoms with Gasteiger partial charge in [-0.1, -0.05) is 0 Å². The Morgan fingerprint density at radius 2 is 2.50 bits per heavy atom. The first-order valence-corrected chi connectivity index (χ1v) is 6.88. The number of ether oxygens (including phenoxy) is 2. The number of anilines is 2. The van der Waals surface area contributed by atoms with Gasteiger partial charge in [0.2, 0.25) is 0 Å². The van der Waals surface area contributed by atoms with E-state index in [1.54, 1.807) is 13.0 Å². The van der Waals surface area contributed by atoms with Crippen LogP contribution in [0.4, 0.5) is 11.5 Å². The van der Waals surface area contributed by atoms with E-state index in [-0.39, 0.29) is 6.04 Å². The summed E-state index contributed by atoms with van der Waals surface area (Å²) in [5.41, 5.74) is 6.43. The maximum Gasteiger partial charge on any atom is 0.340 e. The Hall–Kier alpha value is -1.82. The molecule has 1 fully saturated rings. The molecule has 2 atom stereocenters. The van der Waals surface area contributed by atoms with Crippen LogP contribution in [-0.4, -0.2) is 36.8 Å². The molecule has 1 aliphatic rings. The molecule has 2 rings (SSSR count). The lowest BCUT2D eigenvalue weighted by molar-refractivity contribution is 0.0527. The predicted molar refractivity (Wildman–Crippen MR) is 76.6 cm³/mol. The van der Waals surface area contributed by atoms with Crippen molar-refractivity contribution in [1.29, 1.82) is 0 Å². The Balaban J connectivity index is 2.08. The van der Waals surface area contributed by atoms with Gasteiger partial charge in [0.1, 0.15) is 5.82 Å². The number of hydrogen-bond acceptors (Lipinski definition) is 6. The van der Waals surface area contributed by atoms with Crippen LogP contribution in [0, 0.1) is 5.92 Å². The van der Waals surface area contributed by atoms with E-state index in [1.807, 2.05) is 0 Å². The zero-order chi connectivity index (χ0) is 14.5. The number of carbonyl (C=O) groups excluding carboxylic acids is 1.